The van der Waals surface area contributed by atoms with Crippen molar-refractivity contribution >= 4 is 5.91 Å². The summed E-state index contributed by atoms with van der Waals surface area (Å²) in [6, 6.07) is 13.9. The Morgan fingerprint density at radius 1 is 1.15 bits per heavy atom. The molecule has 0 unspecified atom stereocenters. The molecule has 5 heteroatoms. The highest BCUT2D eigenvalue weighted by Crippen LogP contribution is 2.26. The lowest BCUT2D eigenvalue weighted by molar-refractivity contribution is -0.132. The fraction of sp³-hybridized carbons (Fsp3) is 0.364. The van der Waals surface area contributed by atoms with Crippen LogP contribution < -0.4 is 0 Å². The van der Waals surface area contributed by atoms with Gasteiger partial charge in [0.05, 0.1) is 25.0 Å². The van der Waals surface area contributed by atoms with Gasteiger partial charge in [-0.05, 0) is 48.9 Å². The smallest absolute Gasteiger partial charge is 0.223 e. The highest BCUT2D eigenvalue weighted by Gasteiger charge is 2.24. The van der Waals surface area contributed by atoms with E-state index in [1.54, 1.807) is 6.26 Å². The third-order valence-corrected chi connectivity index (χ3v) is 5.29. The number of fused-ring (bicyclic) bond motifs is 1. The Morgan fingerprint density at radius 3 is 2.78 bits per heavy atom. The maximum absolute atomic E-state index is 13.0. The lowest BCUT2D eigenvalue weighted by Crippen LogP contribution is -2.30. The zero-order valence-electron chi connectivity index (χ0n) is 15.7. The van der Waals surface area contributed by atoms with E-state index in [1.807, 2.05) is 47.0 Å². The number of hydrogen-bond donors (Lipinski definition) is 0. The number of carbonyl (C=O) groups excluding carboxylic acids is 1. The van der Waals surface area contributed by atoms with E-state index in [-0.39, 0.29) is 5.91 Å². The molecule has 1 aliphatic carbocycles. The largest absolute Gasteiger partial charge is 0.467 e. The summed E-state index contributed by atoms with van der Waals surface area (Å²) in [7, 11) is 2.00. The van der Waals surface area contributed by atoms with Crippen LogP contribution in [0.3, 0.4) is 0 Å². The number of carbonyl (C=O) groups is 1. The highest BCUT2D eigenvalue weighted by atomic mass is 16.3. The molecule has 2 aromatic heterocycles. The normalized spacial score (nSPS) is 12.9. The van der Waals surface area contributed by atoms with E-state index in [2.05, 4.69) is 12.1 Å². The van der Waals surface area contributed by atoms with Crippen molar-refractivity contribution in [3.8, 4) is 0 Å². The van der Waals surface area contributed by atoms with Gasteiger partial charge in [-0.3, -0.25) is 9.48 Å². The van der Waals surface area contributed by atoms with Crippen LogP contribution in [0.1, 0.15) is 41.1 Å². The van der Waals surface area contributed by atoms with Gasteiger partial charge in [-0.2, -0.15) is 5.10 Å². The van der Waals surface area contributed by atoms with Crippen LogP contribution >= 0.6 is 0 Å². The quantitative estimate of drug-likeness (QED) is 0.644. The zero-order valence-corrected chi connectivity index (χ0v) is 15.7. The van der Waals surface area contributed by atoms with Crippen LogP contribution in [0.25, 0.3) is 0 Å². The maximum Gasteiger partial charge on any atom is 0.223 e. The molecule has 0 saturated carbocycles. The van der Waals surface area contributed by atoms with Crippen molar-refractivity contribution in [2.45, 2.75) is 45.2 Å². The van der Waals surface area contributed by atoms with Crippen molar-refractivity contribution in [3.63, 3.8) is 0 Å². The molecule has 3 aromatic rings. The Bertz CT molecular complexity index is 897. The predicted octanol–water partition coefficient (Wildman–Crippen LogP) is 3.66. The van der Waals surface area contributed by atoms with Crippen LogP contribution in [0, 0.1) is 0 Å². The summed E-state index contributed by atoms with van der Waals surface area (Å²) >= 11 is 0. The van der Waals surface area contributed by atoms with Crippen molar-refractivity contribution in [1.29, 1.82) is 0 Å². The van der Waals surface area contributed by atoms with Crippen LogP contribution in [0.2, 0.25) is 0 Å². The van der Waals surface area contributed by atoms with E-state index in [0.29, 0.717) is 19.5 Å². The first-order valence-electron chi connectivity index (χ1n) is 9.58. The fourth-order valence-corrected chi connectivity index (χ4v) is 3.88. The van der Waals surface area contributed by atoms with Gasteiger partial charge in [-0.15, -0.1) is 0 Å². The summed E-state index contributed by atoms with van der Waals surface area (Å²) in [5, 5.41) is 4.69. The number of aromatic nitrogens is 2. The van der Waals surface area contributed by atoms with Gasteiger partial charge in [0.25, 0.3) is 0 Å². The summed E-state index contributed by atoms with van der Waals surface area (Å²) < 4.78 is 7.48. The molecule has 1 aliphatic rings. The Morgan fingerprint density at radius 2 is 2.00 bits per heavy atom. The van der Waals surface area contributed by atoms with Gasteiger partial charge in [0.2, 0.25) is 5.91 Å². The van der Waals surface area contributed by atoms with Gasteiger partial charge >= 0.3 is 0 Å². The number of aryl methyl sites for hydroxylation is 2. The summed E-state index contributed by atoms with van der Waals surface area (Å²) in [5.41, 5.74) is 4.87. The molecule has 2 heterocycles. The van der Waals surface area contributed by atoms with Gasteiger partial charge in [-0.1, -0.05) is 30.3 Å². The zero-order chi connectivity index (χ0) is 18.6. The summed E-state index contributed by atoms with van der Waals surface area (Å²) in [6.07, 6.45) is 6.20. The van der Waals surface area contributed by atoms with Crippen LogP contribution in [-0.2, 0) is 44.2 Å². The van der Waals surface area contributed by atoms with Crippen LogP contribution in [0.5, 0.6) is 0 Å². The Labute approximate surface area is 159 Å². The first-order valence-corrected chi connectivity index (χ1v) is 9.58. The molecule has 140 valence electrons. The minimum Gasteiger partial charge on any atom is -0.467 e. The van der Waals surface area contributed by atoms with E-state index in [0.717, 1.165) is 30.7 Å². The molecular weight excluding hydrogens is 338 g/mol. The fourth-order valence-electron chi connectivity index (χ4n) is 3.88. The molecule has 0 spiro atoms. The van der Waals surface area contributed by atoms with Crippen molar-refractivity contribution in [3.05, 3.63) is 77.0 Å². The van der Waals surface area contributed by atoms with E-state index >= 15 is 0 Å². The number of nitrogens with zero attached hydrogens (tertiary/aromatic N) is 3. The van der Waals surface area contributed by atoms with Crippen LogP contribution in [0.4, 0.5) is 0 Å². The molecule has 4 rings (SSSR count). The average Bonchev–Trinajstić information content (AvgIpc) is 3.41. The third kappa shape index (κ3) is 3.97. The monoisotopic (exact) mass is 363 g/mol. The Kier molecular flexibility index (Phi) is 5.10. The molecule has 0 atom stereocenters. The van der Waals surface area contributed by atoms with Gasteiger partial charge in [0.1, 0.15) is 5.76 Å². The van der Waals surface area contributed by atoms with Crippen molar-refractivity contribution in [2.75, 3.05) is 0 Å². The lowest BCUT2D eigenvalue weighted by Gasteiger charge is -2.21. The lowest BCUT2D eigenvalue weighted by atomic mass is 10.1. The van der Waals surface area contributed by atoms with Crippen LogP contribution in [-0.4, -0.2) is 20.6 Å². The van der Waals surface area contributed by atoms with E-state index in [4.69, 9.17) is 9.52 Å². The van der Waals surface area contributed by atoms with Crippen LogP contribution in [0.15, 0.2) is 53.1 Å². The molecular formula is C22H25N3O2. The second-order valence-electron chi connectivity index (χ2n) is 7.16. The topological polar surface area (TPSA) is 51.3 Å². The molecule has 0 N–H and O–H groups in total. The molecule has 1 aromatic carbocycles. The van der Waals surface area contributed by atoms with Gasteiger partial charge < -0.3 is 9.32 Å². The Balaban J connectivity index is 1.50. The molecule has 0 aliphatic heterocycles. The van der Waals surface area contributed by atoms with Gasteiger partial charge in [-0.25, -0.2) is 0 Å². The van der Waals surface area contributed by atoms with Crippen molar-refractivity contribution < 1.29 is 9.21 Å². The molecule has 1 amide bonds. The second-order valence-corrected chi connectivity index (χ2v) is 7.16. The first kappa shape index (κ1) is 17.6. The van der Waals surface area contributed by atoms with Crippen molar-refractivity contribution in [1.82, 2.24) is 14.7 Å². The Hall–Kier alpha value is -2.82. The minimum atomic E-state index is 0.132. The molecule has 0 fully saturated rings. The number of benzene rings is 1. The standard InChI is InChI=1S/C22H25N3O2/c1-24-21-11-5-10-19(21)20(23-24)16-25(15-18-9-6-14-27-18)22(26)13-12-17-7-3-2-4-8-17/h2-4,6-9,14H,5,10-13,15-16H2,1H3. The van der Waals surface area contributed by atoms with Gasteiger partial charge in [0.15, 0.2) is 0 Å². The van der Waals surface area contributed by atoms with E-state index in [1.165, 1.54) is 23.2 Å². The molecule has 0 saturated heterocycles. The summed E-state index contributed by atoms with van der Waals surface area (Å²) in [4.78, 5) is 14.9. The number of hydrogen-bond acceptors (Lipinski definition) is 3. The number of amides is 1. The second kappa shape index (κ2) is 7.82. The molecule has 5 nitrogen and oxygen atoms in total. The average molecular weight is 363 g/mol. The third-order valence-electron chi connectivity index (χ3n) is 5.29. The summed E-state index contributed by atoms with van der Waals surface area (Å²) in [5.74, 6) is 0.934. The maximum atomic E-state index is 13.0. The van der Waals surface area contributed by atoms with Gasteiger partial charge in [0, 0.05) is 19.2 Å². The number of furan rings is 1. The molecule has 0 radical (unpaired) electrons. The molecule has 0 bridgehead atoms. The highest BCUT2D eigenvalue weighted by molar-refractivity contribution is 5.76. The molecule has 27 heavy (non-hydrogen) atoms. The van der Waals surface area contributed by atoms with E-state index in [9.17, 15) is 4.79 Å². The predicted molar refractivity (Wildman–Crippen MR) is 103 cm³/mol. The summed E-state index contributed by atoms with van der Waals surface area (Å²) in [6.45, 7) is 1.02. The minimum absolute atomic E-state index is 0.132. The van der Waals surface area contributed by atoms with E-state index < -0.39 is 0 Å². The first-order chi connectivity index (χ1) is 13.2. The SMILES string of the molecule is Cn1nc(CN(Cc2ccco2)C(=O)CCc2ccccc2)c2c1CCC2. The number of rotatable bonds is 7. The van der Waals surface area contributed by atoms with Crippen molar-refractivity contribution in [2.24, 2.45) is 7.05 Å².